The minimum Gasteiger partial charge on any atom is -0.461 e. The Bertz CT molecular complexity index is 434. The fourth-order valence-corrected chi connectivity index (χ4v) is 1.86. The van der Waals surface area contributed by atoms with Crippen LogP contribution in [0.25, 0.3) is 11.6 Å². The van der Waals surface area contributed by atoms with E-state index in [1.165, 1.54) is 0 Å². The van der Waals surface area contributed by atoms with E-state index in [1.807, 2.05) is 13.1 Å². The molecule has 0 bridgehead atoms. The molecule has 0 aliphatic carbocycles. The van der Waals surface area contributed by atoms with Crippen LogP contribution in [0.2, 0.25) is 0 Å². The van der Waals surface area contributed by atoms with Gasteiger partial charge in [0.05, 0.1) is 18.6 Å². The summed E-state index contributed by atoms with van der Waals surface area (Å²) in [5, 5.41) is 9.09. The van der Waals surface area contributed by atoms with Gasteiger partial charge in [-0.1, -0.05) is 0 Å². The van der Waals surface area contributed by atoms with Crippen molar-refractivity contribution in [2.24, 2.45) is 7.05 Å². The van der Waals surface area contributed by atoms with Crippen molar-refractivity contribution in [3.63, 3.8) is 0 Å². The molecule has 4 nitrogen and oxygen atoms in total. The Morgan fingerprint density at radius 2 is 2.43 bits per heavy atom. The molecule has 74 valence electrons. The molecule has 14 heavy (non-hydrogen) atoms. The van der Waals surface area contributed by atoms with Crippen LogP contribution in [-0.2, 0) is 13.7 Å². The van der Waals surface area contributed by atoms with E-state index in [9.17, 15) is 0 Å². The van der Waals surface area contributed by atoms with E-state index < -0.39 is 0 Å². The lowest BCUT2D eigenvalue weighted by molar-refractivity contribution is 0.272. The van der Waals surface area contributed by atoms with Gasteiger partial charge in [0, 0.05) is 7.05 Å². The van der Waals surface area contributed by atoms with Crippen molar-refractivity contribution in [2.45, 2.75) is 6.61 Å². The first-order valence-electron chi connectivity index (χ1n) is 4.10. The summed E-state index contributed by atoms with van der Waals surface area (Å²) in [5.41, 5.74) is 0.733. The summed E-state index contributed by atoms with van der Waals surface area (Å²) in [6, 6.07) is 3.63. The molecule has 2 rings (SSSR count). The highest BCUT2D eigenvalue weighted by Gasteiger charge is 2.14. The summed E-state index contributed by atoms with van der Waals surface area (Å²) in [6.07, 6.45) is 1.59. The first-order chi connectivity index (χ1) is 6.74. The van der Waals surface area contributed by atoms with Crippen molar-refractivity contribution in [1.82, 2.24) is 9.55 Å². The van der Waals surface area contributed by atoms with Crippen molar-refractivity contribution in [3.8, 4) is 11.6 Å². The molecular weight excluding hydrogens is 248 g/mol. The highest BCUT2D eigenvalue weighted by molar-refractivity contribution is 9.10. The molecule has 2 aromatic rings. The normalized spacial score (nSPS) is 10.8. The second-order valence-electron chi connectivity index (χ2n) is 2.87. The molecule has 0 fully saturated rings. The fourth-order valence-electron chi connectivity index (χ4n) is 1.30. The Balaban J connectivity index is 2.55. The topological polar surface area (TPSA) is 51.2 Å². The molecular formula is C9H9BrN2O2. The van der Waals surface area contributed by atoms with E-state index in [0.29, 0.717) is 16.2 Å². The van der Waals surface area contributed by atoms with Crippen molar-refractivity contribution < 1.29 is 9.52 Å². The number of aliphatic hydroxyl groups excluding tert-OH is 1. The van der Waals surface area contributed by atoms with Crippen molar-refractivity contribution in [3.05, 3.63) is 28.7 Å². The van der Waals surface area contributed by atoms with Gasteiger partial charge >= 0.3 is 0 Å². The van der Waals surface area contributed by atoms with Gasteiger partial charge in [-0.05, 0) is 28.1 Å². The smallest absolute Gasteiger partial charge is 0.177 e. The van der Waals surface area contributed by atoms with Crippen molar-refractivity contribution in [2.75, 3.05) is 0 Å². The largest absolute Gasteiger partial charge is 0.461 e. The van der Waals surface area contributed by atoms with Gasteiger partial charge in [0.15, 0.2) is 11.6 Å². The summed E-state index contributed by atoms with van der Waals surface area (Å²) in [7, 11) is 1.83. The van der Waals surface area contributed by atoms with E-state index in [2.05, 4.69) is 20.9 Å². The molecule has 2 heterocycles. The molecule has 5 heteroatoms. The zero-order valence-corrected chi connectivity index (χ0v) is 9.15. The molecule has 0 amide bonds. The Labute approximate surface area is 89.3 Å². The highest BCUT2D eigenvalue weighted by Crippen LogP contribution is 2.24. The fraction of sp³-hybridized carbons (Fsp3) is 0.222. The van der Waals surface area contributed by atoms with Crippen LogP contribution in [0.3, 0.4) is 0 Å². The number of imidazole rings is 1. The molecule has 0 unspecified atom stereocenters. The summed E-state index contributed by atoms with van der Waals surface area (Å²) in [6.45, 7) is -0.0508. The number of hydrogen-bond donors (Lipinski definition) is 1. The zero-order chi connectivity index (χ0) is 10.1. The van der Waals surface area contributed by atoms with E-state index in [1.54, 1.807) is 16.9 Å². The van der Waals surface area contributed by atoms with Gasteiger partial charge in [0.1, 0.15) is 4.60 Å². The lowest BCUT2D eigenvalue weighted by atomic mass is 10.4. The van der Waals surface area contributed by atoms with Crippen LogP contribution in [0.5, 0.6) is 0 Å². The molecule has 1 N–H and O–H groups in total. The van der Waals surface area contributed by atoms with Crippen LogP contribution in [0.15, 0.2) is 27.4 Å². The maximum atomic E-state index is 9.09. The van der Waals surface area contributed by atoms with Gasteiger partial charge in [-0.15, -0.1) is 0 Å². The van der Waals surface area contributed by atoms with Crippen LogP contribution in [0, 0.1) is 0 Å². The quantitative estimate of drug-likeness (QED) is 0.894. The lowest BCUT2D eigenvalue weighted by Gasteiger charge is -2.00. The summed E-state index contributed by atoms with van der Waals surface area (Å²) < 4.78 is 7.67. The molecule has 0 radical (unpaired) electrons. The third-order valence-electron chi connectivity index (χ3n) is 2.06. The van der Waals surface area contributed by atoms with Gasteiger partial charge < -0.3 is 14.1 Å². The third-order valence-corrected chi connectivity index (χ3v) is 2.69. The standard InChI is InChI=1S/C9H9BrN2O2/c1-12-6(5-13)8(10)11-9(12)7-3-2-4-14-7/h2-4,13H,5H2,1H3. The monoisotopic (exact) mass is 256 g/mol. The van der Waals surface area contributed by atoms with Crippen molar-refractivity contribution in [1.29, 1.82) is 0 Å². The number of hydrogen-bond acceptors (Lipinski definition) is 3. The minimum atomic E-state index is -0.0508. The number of nitrogens with zero attached hydrogens (tertiary/aromatic N) is 2. The molecule has 0 aliphatic rings. The molecule has 0 aliphatic heterocycles. The van der Waals surface area contributed by atoms with E-state index >= 15 is 0 Å². The second-order valence-corrected chi connectivity index (χ2v) is 3.62. The summed E-state index contributed by atoms with van der Waals surface area (Å²) in [5.74, 6) is 1.39. The maximum Gasteiger partial charge on any atom is 0.177 e. The number of halogens is 1. The molecule has 0 aromatic carbocycles. The van der Waals surface area contributed by atoms with Crippen LogP contribution >= 0.6 is 15.9 Å². The van der Waals surface area contributed by atoms with E-state index in [0.717, 1.165) is 5.69 Å². The minimum absolute atomic E-state index is 0.0508. The predicted octanol–water partition coefficient (Wildman–Crippen LogP) is 1.93. The first-order valence-corrected chi connectivity index (χ1v) is 4.89. The third kappa shape index (κ3) is 1.38. The lowest BCUT2D eigenvalue weighted by Crippen LogP contribution is -1.97. The average Bonchev–Trinajstić information content (AvgIpc) is 2.74. The molecule has 2 aromatic heterocycles. The number of rotatable bonds is 2. The highest BCUT2D eigenvalue weighted by atomic mass is 79.9. The summed E-state index contributed by atoms with van der Waals surface area (Å²) in [4.78, 5) is 4.25. The second kappa shape index (κ2) is 3.59. The average molecular weight is 257 g/mol. The maximum absolute atomic E-state index is 9.09. The van der Waals surface area contributed by atoms with Crippen molar-refractivity contribution >= 4 is 15.9 Å². The first kappa shape index (κ1) is 9.48. The van der Waals surface area contributed by atoms with Gasteiger partial charge in [-0.3, -0.25) is 0 Å². The Kier molecular flexibility index (Phi) is 2.43. The van der Waals surface area contributed by atoms with Gasteiger partial charge in [-0.2, -0.15) is 0 Å². The van der Waals surface area contributed by atoms with E-state index in [-0.39, 0.29) is 6.61 Å². The van der Waals surface area contributed by atoms with Crippen LogP contribution in [-0.4, -0.2) is 14.7 Å². The molecule has 0 saturated carbocycles. The van der Waals surface area contributed by atoms with E-state index in [4.69, 9.17) is 9.52 Å². The number of furan rings is 1. The Morgan fingerprint density at radius 1 is 1.64 bits per heavy atom. The predicted molar refractivity (Wildman–Crippen MR) is 54.5 cm³/mol. The van der Waals surface area contributed by atoms with Gasteiger partial charge in [-0.25, -0.2) is 4.98 Å². The zero-order valence-electron chi connectivity index (χ0n) is 7.57. The van der Waals surface area contributed by atoms with Crippen LogP contribution in [0.1, 0.15) is 5.69 Å². The van der Waals surface area contributed by atoms with Gasteiger partial charge in [0.2, 0.25) is 0 Å². The summed E-state index contributed by atoms with van der Waals surface area (Å²) >= 11 is 3.28. The SMILES string of the molecule is Cn1c(-c2ccco2)nc(Br)c1CO. The number of aliphatic hydroxyl groups is 1. The number of aromatic nitrogens is 2. The Morgan fingerprint density at radius 3 is 2.93 bits per heavy atom. The molecule has 0 saturated heterocycles. The Hall–Kier alpha value is -1.07. The molecule has 0 atom stereocenters. The molecule has 0 spiro atoms. The van der Waals surface area contributed by atoms with Crippen LogP contribution < -0.4 is 0 Å². The van der Waals surface area contributed by atoms with Crippen LogP contribution in [0.4, 0.5) is 0 Å². The van der Waals surface area contributed by atoms with Gasteiger partial charge in [0.25, 0.3) is 0 Å².